The number of aliphatic hydroxyl groups is 1. The molecule has 8 heteroatoms. The molecule has 0 amide bonds. The minimum atomic E-state index is -0.935. The maximum atomic E-state index is 12.8. The number of piperazine rings is 1. The number of carboxylic acids is 1. The van der Waals surface area contributed by atoms with Crippen molar-refractivity contribution in [2.45, 2.75) is 65.0 Å². The number of carbonyl (C=O) groups is 1. The molecule has 0 bridgehead atoms. The van der Waals surface area contributed by atoms with Crippen molar-refractivity contribution in [3.8, 4) is 11.5 Å². The Balaban J connectivity index is 1.65. The van der Waals surface area contributed by atoms with Crippen LogP contribution >= 0.6 is 11.6 Å². The molecule has 2 heterocycles. The SMILES string of the molecule is CC[C@](CCC(C)CC(C)(C)O)(C(=O)O)[C@H]1CN(C2=Nc3cc(Cl)ccc3Oc3ccccc32)CCN1. The molecule has 200 valence electrons. The number of amidine groups is 1. The predicted molar refractivity (Wildman–Crippen MR) is 147 cm³/mol. The standard InChI is InChI=1S/C29H38ClN3O4/c1-5-29(27(34)35,13-12-19(2)17-28(3,4)36)25-18-33(15-14-31-25)26-21-8-6-7-9-23(21)37-24-11-10-20(30)16-22(24)32-26/h6-11,16,19,25,31,36H,5,12-15,17-18H2,1-4H3,(H,34,35)/t19?,25-,29-/m1/s1. The zero-order valence-electron chi connectivity index (χ0n) is 22.1. The molecule has 2 aromatic rings. The number of hydrogen-bond donors (Lipinski definition) is 3. The summed E-state index contributed by atoms with van der Waals surface area (Å²) >= 11 is 6.28. The van der Waals surface area contributed by atoms with Gasteiger partial charge in [0.15, 0.2) is 5.75 Å². The molecule has 1 fully saturated rings. The van der Waals surface area contributed by atoms with Gasteiger partial charge in [0.25, 0.3) is 0 Å². The lowest BCUT2D eigenvalue weighted by molar-refractivity contribution is -0.153. The van der Waals surface area contributed by atoms with Crippen LogP contribution in [0.25, 0.3) is 0 Å². The number of fused-ring (bicyclic) bond motifs is 2. The third-order valence-corrected chi connectivity index (χ3v) is 7.86. The van der Waals surface area contributed by atoms with Gasteiger partial charge in [0.2, 0.25) is 0 Å². The van der Waals surface area contributed by atoms with Gasteiger partial charge in [0.05, 0.1) is 16.6 Å². The largest absolute Gasteiger partial charge is 0.481 e. The maximum absolute atomic E-state index is 12.8. The number of para-hydroxylation sites is 1. The minimum absolute atomic E-state index is 0.210. The highest BCUT2D eigenvalue weighted by atomic mass is 35.5. The molecule has 0 spiro atoms. The van der Waals surface area contributed by atoms with E-state index < -0.39 is 17.0 Å². The molecule has 3 N–H and O–H groups in total. The number of aliphatic imine (C=N–C) groups is 1. The van der Waals surface area contributed by atoms with E-state index in [1.807, 2.05) is 37.3 Å². The van der Waals surface area contributed by atoms with Crippen LogP contribution in [0.15, 0.2) is 47.5 Å². The molecule has 37 heavy (non-hydrogen) atoms. The summed E-state index contributed by atoms with van der Waals surface area (Å²) in [7, 11) is 0. The monoisotopic (exact) mass is 527 g/mol. The zero-order chi connectivity index (χ0) is 26.8. The van der Waals surface area contributed by atoms with Gasteiger partial charge in [-0.1, -0.05) is 37.6 Å². The summed E-state index contributed by atoms with van der Waals surface area (Å²) in [6, 6.07) is 12.9. The number of halogens is 1. The summed E-state index contributed by atoms with van der Waals surface area (Å²) in [5, 5.41) is 24.8. The van der Waals surface area contributed by atoms with Crippen molar-refractivity contribution in [2.24, 2.45) is 16.3 Å². The van der Waals surface area contributed by atoms with Crippen LogP contribution in [0, 0.1) is 11.3 Å². The lowest BCUT2D eigenvalue weighted by Crippen LogP contribution is -2.61. The predicted octanol–water partition coefficient (Wildman–Crippen LogP) is 5.86. The Morgan fingerprint density at radius 2 is 2.03 bits per heavy atom. The van der Waals surface area contributed by atoms with E-state index in [9.17, 15) is 15.0 Å². The van der Waals surface area contributed by atoms with E-state index in [4.69, 9.17) is 21.3 Å². The van der Waals surface area contributed by atoms with Gasteiger partial charge < -0.3 is 25.2 Å². The van der Waals surface area contributed by atoms with Crippen LogP contribution in [0.2, 0.25) is 5.02 Å². The number of aliphatic carboxylic acids is 1. The normalized spacial score (nSPS) is 20.0. The first-order valence-corrected chi connectivity index (χ1v) is 13.5. The van der Waals surface area contributed by atoms with Crippen molar-refractivity contribution in [1.82, 2.24) is 10.2 Å². The van der Waals surface area contributed by atoms with Crippen LogP contribution in [-0.4, -0.2) is 58.2 Å². The van der Waals surface area contributed by atoms with E-state index in [1.165, 1.54) is 0 Å². The lowest BCUT2D eigenvalue weighted by atomic mass is 9.71. The van der Waals surface area contributed by atoms with Gasteiger partial charge in [0.1, 0.15) is 17.3 Å². The molecule has 7 nitrogen and oxygen atoms in total. The molecule has 0 aromatic heterocycles. The maximum Gasteiger partial charge on any atom is 0.311 e. The minimum Gasteiger partial charge on any atom is -0.481 e. The molecule has 3 atom stereocenters. The molecule has 2 aliphatic heterocycles. The van der Waals surface area contributed by atoms with Crippen LogP contribution in [0.1, 0.15) is 58.9 Å². The Hall–Kier alpha value is -2.61. The van der Waals surface area contributed by atoms with Gasteiger partial charge >= 0.3 is 5.97 Å². The lowest BCUT2D eigenvalue weighted by Gasteiger charge is -2.44. The molecule has 2 aromatic carbocycles. The summed E-state index contributed by atoms with van der Waals surface area (Å²) in [6.07, 6.45) is 2.40. The number of rotatable bonds is 8. The molecule has 4 rings (SSSR count). The third-order valence-electron chi connectivity index (χ3n) is 7.63. The summed E-state index contributed by atoms with van der Waals surface area (Å²) in [5.74, 6) is 1.52. The average Bonchev–Trinajstić information content (AvgIpc) is 3.00. The average molecular weight is 528 g/mol. The van der Waals surface area contributed by atoms with E-state index in [2.05, 4.69) is 17.1 Å². The van der Waals surface area contributed by atoms with Crippen molar-refractivity contribution in [3.05, 3.63) is 53.1 Å². The van der Waals surface area contributed by atoms with E-state index in [0.717, 1.165) is 17.8 Å². The van der Waals surface area contributed by atoms with Crippen molar-refractivity contribution in [2.75, 3.05) is 19.6 Å². The number of carboxylic acid groups (broad SMARTS) is 1. The molecular weight excluding hydrogens is 490 g/mol. The number of hydrogen-bond acceptors (Lipinski definition) is 6. The van der Waals surface area contributed by atoms with E-state index in [1.54, 1.807) is 26.0 Å². The summed E-state index contributed by atoms with van der Waals surface area (Å²) in [5.41, 5.74) is -0.195. The quantitative estimate of drug-likeness (QED) is 0.398. The van der Waals surface area contributed by atoms with E-state index >= 15 is 0 Å². The van der Waals surface area contributed by atoms with Crippen molar-refractivity contribution >= 4 is 29.1 Å². The van der Waals surface area contributed by atoms with Crippen molar-refractivity contribution < 1.29 is 19.7 Å². The molecule has 1 saturated heterocycles. The second kappa shape index (κ2) is 11.0. The highest BCUT2D eigenvalue weighted by molar-refractivity contribution is 6.31. The number of ether oxygens (including phenoxy) is 1. The van der Waals surface area contributed by atoms with Crippen LogP contribution in [0.3, 0.4) is 0 Å². The first-order valence-electron chi connectivity index (χ1n) is 13.1. The first-order chi connectivity index (χ1) is 17.5. The second-order valence-corrected chi connectivity index (χ2v) is 11.5. The third kappa shape index (κ3) is 6.11. The zero-order valence-corrected chi connectivity index (χ0v) is 22.9. The van der Waals surface area contributed by atoms with Crippen LogP contribution in [-0.2, 0) is 4.79 Å². The molecular formula is C29H38ClN3O4. The number of nitrogens with one attached hydrogen (secondary N) is 1. The highest BCUT2D eigenvalue weighted by Gasteiger charge is 2.46. The number of benzene rings is 2. The van der Waals surface area contributed by atoms with Gasteiger partial charge in [-0.25, -0.2) is 4.99 Å². The van der Waals surface area contributed by atoms with Crippen LogP contribution < -0.4 is 10.1 Å². The Morgan fingerprint density at radius 3 is 2.73 bits per heavy atom. The smallest absolute Gasteiger partial charge is 0.311 e. The van der Waals surface area contributed by atoms with Crippen LogP contribution in [0.5, 0.6) is 11.5 Å². The van der Waals surface area contributed by atoms with Crippen molar-refractivity contribution in [1.29, 1.82) is 0 Å². The molecule has 0 radical (unpaired) electrons. The fourth-order valence-electron chi connectivity index (χ4n) is 5.71. The number of nitrogens with zero attached hydrogens (tertiary/aromatic N) is 2. The Labute approximate surface area is 224 Å². The van der Waals surface area contributed by atoms with Gasteiger partial charge in [-0.15, -0.1) is 0 Å². The fraction of sp³-hybridized carbons (Fsp3) is 0.517. The Kier molecular flexibility index (Phi) is 8.17. The Morgan fingerprint density at radius 1 is 1.27 bits per heavy atom. The highest BCUT2D eigenvalue weighted by Crippen LogP contribution is 2.41. The summed E-state index contributed by atoms with van der Waals surface area (Å²) < 4.78 is 6.21. The molecule has 0 aliphatic carbocycles. The fourth-order valence-corrected chi connectivity index (χ4v) is 5.88. The van der Waals surface area contributed by atoms with Crippen LogP contribution in [0.4, 0.5) is 5.69 Å². The molecule has 0 saturated carbocycles. The van der Waals surface area contributed by atoms with E-state index in [0.29, 0.717) is 61.1 Å². The van der Waals surface area contributed by atoms with Gasteiger partial charge in [0, 0.05) is 30.7 Å². The van der Waals surface area contributed by atoms with Gasteiger partial charge in [-0.05, 0) is 75.8 Å². The molecule has 1 unspecified atom stereocenters. The van der Waals surface area contributed by atoms with E-state index in [-0.39, 0.29) is 12.0 Å². The van der Waals surface area contributed by atoms with Gasteiger partial charge in [-0.3, -0.25) is 4.79 Å². The topological polar surface area (TPSA) is 94.4 Å². The van der Waals surface area contributed by atoms with Crippen molar-refractivity contribution in [3.63, 3.8) is 0 Å². The van der Waals surface area contributed by atoms with Gasteiger partial charge in [-0.2, -0.15) is 0 Å². The molecule has 2 aliphatic rings. The first kappa shape index (κ1) is 27.4. The summed E-state index contributed by atoms with van der Waals surface area (Å²) in [6.45, 7) is 9.48. The summed E-state index contributed by atoms with van der Waals surface area (Å²) in [4.78, 5) is 20.0. The second-order valence-electron chi connectivity index (χ2n) is 11.1. The Bertz CT molecular complexity index is 1160.